The van der Waals surface area contributed by atoms with Gasteiger partial charge in [0, 0.05) is 12.0 Å². The average Bonchev–Trinajstić information content (AvgIpc) is 2.85. The SMILES string of the molecule is O=C(O)CCc1oncc1C1CCCC1. The maximum atomic E-state index is 10.5. The predicted octanol–water partition coefficient (Wildman–Crippen LogP) is 2.35. The van der Waals surface area contributed by atoms with Crippen molar-refractivity contribution in [2.24, 2.45) is 0 Å². The van der Waals surface area contributed by atoms with Crippen molar-refractivity contribution >= 4 is 5.97 Å². The molecule has 0 aliphatic heterocycles. The Kier molecular flexibility index (Phi) is 3.04. The van der Waals surface area contributed by atoms with E-state index in [-0.39, 0.29) is 6.42 Å². The Balaban J connectivity index is 2.04. The van der Waals surface area contributed by atoms with Gasteiger partial charge in [-0.3, -0.25) is 4.79 Å². The molecule has 2 rings (SSSR count). The topological polar surface area (TPSA) is 63.3 Å². The van der Waals surface area contributed by atoms with Gasteiger partial charge in [-0.05, 0) is 18.8 Å². The first-order valence-electron chi connectivity index (χ1n) is 5.42. The van der Waals surface area contributed by atoms with Crippen LogP contribution in [0, 0.1) is 0 Å². The van der Waals surface area contributed by atoms with Gasteiger partial charge in [-0.1, -0.05) is 18.0 Å². The summed E-state index contributed by atoms with van der Waals surface area (Å²) in [4.78, 5) is 10.5. The molecule has 1 aromatic rings. The van der Waals surface area contributed by atoms with E-state index in [0.717, 1.165) is 11.3 Å². The molecule has 1 N–H and O–H groups in total. The van der Waals surface area contributed by atoms with Crippen LogP contribution < -0.4 is 0 Å². The van der Waals surface area contributed by atoms with E-state index >= 15 is 0 Å². The number of rotatable bonds is 4. The highest BCUT2D eigenvalue weighted by atomic mass is 16.5. The molecule has 82 valence electrons. The molecular formula is C11H15NO3. The molecule has 0 bridgehead atoms. The van der Waals surface area contributed by atoms with E-state index in [1.165, 1.54) is 25.7 Å². The van der Waals surface area contributed by atoms with Gasteiger partial charge in [-0.15, -0.1) is 0 Å². The minimum absolute atomic E-state index is 0.120. The minimum Gasteiger partial charge on any atom is -0.481 e. The quantitative estimate of drug-likeness (QED) is 0.826. The van der Waals surface area contributed by atoms with Crippen molar-refractivity contribution in [3.8, 4) is 0 Å². The van der Waals surface area contributed by atoms with Crippen molar-refractivity contribution in [1.29, 1.82) is 0 Å². The van der Waals surface area contributed by atoms with Crippen LogP contribution in [0.2, 0.25) is 0 Å². The predicted molar refractivity (Wildman–Crippen MR) is 53.7 cm³/mol. The molecule has 0 unspecified atom stereocenters. The molecule has 1 aliphatic carbocycles. The Morgan fingerprint density at radius 1 is 1.53 bits per heavy atom. The Morgan fingerprint density at radius 3 is 2.93 bits per heavy atom. The first kappa shape index (κ1) is 10.2. The number of aromatic nitrogens is 1. The molecule has 1 fully saturated rings. The van der Waals surface area contributed by atoms with Crippen LogP contribution >= 0.6 is 0 Å². The Hall–Kier alpha value is -1.32. The van der Waals surface area contributed by atoms with Crippen LogP contribution in [0.25, 0.3) is 0 Å². The second kappa shape index (κ2) is 4.47. The standard InChI is InChI=1S/C11H15NO3/c13-11(14)6-5-10-9(7-12-15-10)8-3-1-2-4-8/h7-8H,1-6H2,(H,13,14). The van der Waals surface area contributed by atoms with E-state index in [9.17, 15) is 4.79 Å². The van der Waals surface area contributed by atoms with E-state index < -0.39 is 5.97 Å². The lowest BCUT2D eigenvalue weighted by Crippen LogP contribution is -2.00. The largest absolute Gasteiger partial charge is 0.481 e. The molecule has 0 saturated heterocycles. The van der Waals surface area contributed by atoms with E-state index in [1.807, 2.05) is 0 Å². The maximum Gasteiger partial charge on any atom is 0.303 e. The number of carboxylic acids is 1. The van der Waals surface area contributed by atoms with E-state index in [0.29, 0.717) is 12.3 Å². The third-order valence-electron chi connectivity index (χ3n) is 3.04. The monoisotopic (exact) mass is 209 g/mol. The zero-order valence-corrected chi connectivity index (χ0v) is 8.61. The summed E-state index contributed by atoms with van der Waals surface area (Å²) in [6.45, 7) is 0. The maximum absolute atomic E-state index is 10.5. The van der Waals surface area contributed by atoms with Crippen LogP contribution in [0.3, 0.4) is 0 Å². The van der Waals surface area contributed by atoms with Crippen LogP contribution in [-0.4, -0.2) is 16.2 Å². The molecule has 1 aliphatic rings. The van der Waals surface area contributed by atoms with E-state index in [2.05, 4.69) is 5.16 Å². The zero-order valence-electron chi connectivity index (χ0n) is 8.61. The first-order chi connectivity index (χ1) is 7.27. The van der Waals surface area contributed by atoms with Gasteiger partial charge in [-0.25, -0.2) is 0 Å². The third kappa shape index (κ3) is 2.37. The molecule has 1 aromatic heterocycles. The van der Waals surface area contributed by atoms with E-state index in [1.54, 1.807) is 6.20 Å². The number of hydrogen-bond acceptors (Lipinski definition) is 3. The molecule has 0 radical (unpaired) electrons. The number of carboxylic acid groups (broad SMARTS) is 1. The van der Waals surface area contributed by atoms with Crippen molar-refractivity contribution in [3.63, 3.8) is 0 Å². The van der Waals surface area contributed by atoms with Crippen LogP contribution in [0.4, 0.5) is 0 Å². The van der Waals surface area contributed by atoms with Crippen LogP contribution in [0.15, 0.2) is 10.7 Å². The summed E-state index contributed by atoms with van der Waals surface area (Å²) in [5.74, 6) is 0.521. The van der Waals surface area contributed by atoms with Crippen LogP contribution in [0.1, 0.15) is 49.3 Å². The molecule has 0 spiro atoms. The second-order valence-electron chi connectivity index (χ2n) is 4.08. The number of carbonyl (C=O) groups is 1. The van der Waals surface area contributed by atoms with Gasteiger partial charge in [0.05, 0.1) is 12.6 Å². The van der Waals surface area contributed by atoms with Gasteiger partial charge in [0.1, 0.15) is 5.76 Å². The number of nitrogens with zero attached hydrogens (tertiary/aromatic N) is 1. The van der Waals surface area contributed by atoms with Gasteiger partial charge < -0.3 is 9.63 Å². The first-order valence-corrected chi connectivity index (χ1v) is 5.42. The van der Waals surface area contributed by atoms with Gasteiger partial charge >= 0.3 is 5.97 Å². The van der Waals surface area contributed by atoms with Gasteiger partial charge in [0.15, 0.2) is 0 Å². The molecule has 0 atom stereocenters. The number of hydrogen-bond donors (Lipinski definition) is 1. The normalized spacial score (nSPS) is 17.1. The molecular weight excluding hydrogens is 194 g/mol. The summed E-state index contributed by atoms with van der Waals surface area (Å²) in [5.41, 5.74) is 1.13. The Bertz CT molecular complexity index is 339. The van der Waals surface area contributed by atoms with Gasteiger partial charge in [-0.2, -0.15) is 0 Å². The summed E-state index contributed by atoms with van der Waals surface area (Å²) in [6, 6.07) is 0. The Morgan fingerprint density at radius 2 is 2.27 bits per heavy atom. The van der Waals surface area contributed by atoms with Crippen molar-refractivity contribution in [2.45, 2.75) is 44.4 Å². The van der Waals surface area contributed by atoms with E-state index in [4.69, 9.17) is 9.63 Å². The van der Waals surface area contributed by atoms with Crippen molar-refractivity contribution in [3.05, 3.63) is 17.5 Å². The Labute approximate surface area is 88.3 Å². The molecule has 4 heteroatoms. The highest BCUT2D eigenvalue weighted by Gasteiger charge is 2.22. The molecule has 1 heterocycles. The average molecular weight is 209 g/mol. The third-order valence-corrected chi connectivity index (χ3v) is 3.04. The fourth-order valence-electron chi connectivity index (χ4n) is 2.25. The van der Waals surface area contributed by atoms with Crippen molar-refractivity contribution in [1.82, 2.24) is 5.16 Å². The summed E-state index contributed by atoms with van der Waals surface area (Å²) in [7, 11) is 0. The van der Waals surface area contributed by atoms with Gasteiger partial charge in [0.25, 0.3) is 0 Å². The number of aryl methyl sites for hydroxylation is 1. The summed E-state index contributed by atoms with van der Waals surface area (Å²) in [5, 5.41) is 12.4. The van der Waals surface area contributed by atoms with Gasteiger partial charge in [0.2, 0.25) is 0 Å². The fourth-order valence-corrected chi connectivity index (χ4v) is 2.25. The molecule has 0 amide bonds. The summed E-state index contributed by atoms with van der Waals surface area (Å²) in [6.07, 6.45) is 7.22. The number of aliphatic carboxylic acids is 1. The molecule has 15 heavy (non-hydrogen) atoms. The lowest BCUT2D eigenvalue weighted by Gasteiger charge is -2.06. The zero-order chi connectivity index (χ0) is 10.7. The minimum atomic E-state index is -0.788. The van der Waals surface area contributed by atoms with Crippen molar-refractivity contribution in [2.75, 3.05) is 0 Å². The van der Waals surface area contributed by atoms with Crippen LogP contribution in [-0.2, 0) is 11.2 Å². The lowest BCUT2D eigenvalue weighted by molar-refractivity contribution is -0.137. The smallest absolute Gasteiger partial charge is 0.303 e. The molecule has 1 saturated carbocycles. The van der Waals surface area contributed by atoms with Crippen molar-refractivity contribution < 1.29 is 14.4 Å². The molecule has 4 nitrogen and oxygen atoms in total. The fraction of sp³-hybridized carbons (Fsp3) is 0.636. The highest BCUT2D eigenvalue weighted by molar-refractivity contribution is 5.67. The highest BCUT2D eigenvalue weighted by Crippen LogP contribution is 2.35. The summed E-state index contributed by atoms with van der Waals surface area (Å²) >= 11 is 0. The molecule has 0 aromatic carbocycles. The lowest BCUT2D eigenvalue weighted by atomic mass is 9.97. The summed E-state index contributed by atoms with van der Waals surface area (Å²) < 4.78 is 5.11. The van der Waals surface area contributed by atoms with Crippen LogP contribution in [0.5, 0.6) is 0 Å². The second-order valence-corrected chi connectivity index (χ2v) is 4.08.